The number of nitrogens with zero attached hydrogens (tertiary/aromatic N) is 2. The first kappa shape index (κ1) is 32.0. The van der Waals surface area contributed by atoms with Gasteiger partial charge in [-0.15, -0.1) is 11.3 Å². The number of benzene rings is 8. The molecule has 0 aliphatic rings. The predicted octanol–water partition coefficient (Wildman–Crippen LogP) is 15.1. The van der Waals surface area contributed by atoms with Gasteiger partial charge in [0.05, 0.1) is 22.4 Å². The normalized spacial score (nSPS) is 11.9. The molecule has 4 heteroatoms. The van der Waals surface area contributed by atoms with Crippen LogP contribution in [0.25, 0.3) is 114 Å². The molecule has 12 rings (SSSR count). The molecule has 0 amide bonds. The molecule has 0 aliphatic heterocycles. The largest absolute Gasteiger partial charge is 0.456 e. The topological polar surface area (TPSA) is 31.0 Å². The van der Waals surface area contributed by atoms with Gasteiger partial charge in [-0.2, -0.15) is 0 Å². The van der Waals surface area contributed by atoms with Gasteiger partial charge in [0.2, 0.25) is 0 Å². The molecule has 3 nitrogen and oxygen atoms in total. The molecule has 4 heterocycles. The molecule has 0 spiro atoms. The van der Waals surface area contributed by atoms with Crippen molar-refractivity contribution in [2.75, 3.05) is 0 Å². The molecule has 57 heavy (non-hydrogen) atoms. The molecule has 8 aromatic carbocycles. The second-order valence-corrected chi connectivity index (χ2v) is 15.7. The molecule has 12 aromatic rings. The van der Waals surface area contributed by atoms with Crippen LogP contribution in [0.3, 0.4) is 0 Å². The minimum Gasteiger partial charge on any atom is -0.456 e. The summed E-state index contributed by atoms with van der Waals surface area (Å²) in [6.07, 6.45) is 0. The number of hydrogen-bond donors (Lipinski definition) is 0. The minimum atomic E-state index is 0.883. The molecule has 0 saturated carbocycles. The van der Waals surface area contributed by atoms with Gasteiger partial charge >= 0.3 is 0 Å². The minimum absolute atomic E-state index is 0.883. The van der Waals surface area contributed by atoms with E-state index in [1.165, 1.54) is 53.1 Å². The van der Waals surface area contributed by atoms with Gasteiger partial charge in [0.1, 0.15) is 11.2 Å². The number of aromatic nitrogens is 2. The molecule has 0 bridgehead atoms. The zero-order valence-electron chi connectivity index (χ0n) is 30.7. The van der Waals surface area contributed by atoms with Gasteiger partial charge in [0.25, 0.3) is 0 Å². The smallest absolute Gasteiger partial charge is 0.136 e. The van der Waals surface area contributed by atoms with Crippen LogP contribution in [0.5, 0.6) is 0 Å². The molecule has 0 unspecified atom stereocenters. The van der Waals surface area contributed by atoms with Crippen LogP contribution in [0.4, 0.5) is 0 Å². The van der Waals surface area contributed by atoms with Gasteiger partial charge < -0.3 is 8.98 Å². The van der Waals surface area contributed by atoms with E-state index in [-0.39, 0.29) is 0 Å². The van der Waals surface area contributed by atoms with Crippen molar-refractivity contribution >= 4 is 75.3 Å². The number of rotatable bonds is 5. The van der Waals surface area contributed by atoms with Crippen LogP contribution in [0.2, 0.25) is 0 Å². The van der Waals surface area contributed by atoms with E-state index in [4.69, 9.17) is 9.40 Å². The molecule has 0 fully saturated rings. The fraction of sp³-hybridized carbons (Fsp3) is 0. The molecule has 266 valence electrons. The van der Waals surface area contributed by atoms with Crippen LogP contribution in [-0.4, -0.2) is 9.55 Å². The summed E-state index contributed by atoms with van der Waals surface area (Å²) in [6, 6.07) is 69.5. The number of hydrogen-bond acceptors (Lipinski definition) is 3. The monoisotopic (exact) mass is 744 g/mol. The molecule has 0 saturated heterocycles. The number of para-hydroxylation sites is 3. The first-order valence-corrected chi connectivity index (χ1v) is 20.1. The molecule has 0 atom stereocenters. The summed E-state index contributed by atoms with van der Waals surface area (Å²) >= 11 is 1.86. The van der Waals surface area contributed by atoms with Crippen LogP contribution >= 0.6 is 11.3 Å². The van der Waals surface area contributed by atoms with Crippen molar-refractivity contribution in [3.05, 3.63) is 194 Å². The number of furan rings is 1. The van der Waals surface area contributed by atoms with Crippen LogP contribution in [0.15, 0.2) is 199 Å². The predicted molar refractivity (Wildman–Crippen MR) is 240 cm³/mol. The molecule has 0 aliphatic carbocycles. The van der Waals surface area contributed by atoms with Gasteiger partial charge in [0.15, 0.2) is 0 Å². The lowest BCUT2D eigenvalue weighted by atomic mass is 9.96. The van der Waals surface area contributed by atoms with Gasteiger partial charge in [-0.3, -0.25) is 0 Å². The third kappa shape index (κ3) is 5.08. The number of fused-ring (bicyclic) bond motifs is 9. The fourth-order valence-corrected chi connectivity index (χ4v) is 10.0. The van der Waals surface area contributed by atoms with Gasteiger partial charge in [-0.05, 0) is 82.9 Å². The second kappa shape index (κ2) is 12.6. The third-order valence-corrected chi connectivity index (χ3v) is 12.6. The van der Waals surface area contributed by atoms with Crippen molar-refractivity contribution in [1.29, 1.82) is 0 Å². The zero-order valence-corrected chi connectivity index (χ0v) is 31.5. The van der Waals surface area contributed by atoms with E-state index in [0.29, 0.717) is 0 Å². The summed E-state index contributed by atoms with van der Waals surface area (Å²) in [5.41, 5.74) is 14.1. The summed E-state index contributed by atoms with van der Waals surface area (Å²) in [7, 11) is 0. The van der Waals surface area contributed by atoms with Crippen molar-refractivity contribution in [3.8, 4) is 50.5 Å². The average Bonchev–Trinajstić information content (AvgIpc) is 3.96. The standard InChI is InChI=1S/C53H32N2OS/c1-3-13-33(14-4-1)45-29-36(34-25-28-42-41-18-8-10-23-49(41)56-50(42)32-34)30-46(54-45)43-20-12-24-51-52(43)44-21-11-19-38(53(44)57-51)35-26-27-40-39-17-7-9-22-47(39)55(48(40)31-35)37-15-5-2-6-16-37/h1-32H. The molecule has 0 N–H and O–H groups in total. The Morgan fingerprint density at radius 2 is 1.07 bits per heavy atom. The van der Waals surface area contributed by atoms with E-state index in [0.717, 1.165) is 61.3 Å². The van der Waals surface area contributed by atoms with E-state index in [1.807, 2.05) is 23.5 Å². The lowest BCUT2D eigenvalue weighted by Gasteiger charge is -2.12. The van der Waals surface area contributed by atoms with Gasteiger partial charge in [-0.25, -0.2) is 4.98 Å². The van der Waals surface area contributed by atoms with Crippen molar-refractivity contribution < 1.29 is 4.42 Å². The summed E-state index contributed by atoms with van der Waals surface area (Å²) in [5.74, 6) is 0. The Bertz CT molecular complexity index is 3520. The fourth-order valence-electron chi connectivity index (χ4n) is 8.78. The maximum atomic E-state index is 6.34. The summed E-state index contributed by atoms with van der Waals surface area (Å²) in [6.45, 7) is 0. The number of pyridine rings is 1. The zero-order chi connectivity index (χ0) is 37.5. The van der Waals surface area contributed by atoms with E-state index in [2.05, 4.69) is 187 Å². The summed E-state index contributed by atoms with van der Waals surface area (Å²) in [5, 5.41) is 7.24. The molecular formula is C53H32N2OS. The van der Waals surface area contributed by atoms with Gasteiger partial charge in [-0.1, -0.05) is 133 Å². The molecule has 0 radical (unpaired) electrons. The third-order valence-electron chi connectivity index (χ3n) is 11.4. The van der Waals surface area contributed by atoms with E-state index in [1.54, 1.807) is 0 Å². The lowest BCUT2D eigenvalue weighted by molar-refractivity contribution is 0.669. The molecule has 4 aromatic heterocycles. The van der Waals surface area contributed by atoms with Crippen LogP contribution in [0.1, 0.15) is 0 Å². The van der Waals surface area contributed by atoms with E-state index < -0.39 is 0 Å². The Labute approximate surface area is 332 Å². The highest BCUT2D eigenvalue weighted by molar-refractivity contribution is 7.26. The number of thiophene rings is 1. The highest BCUT2D eigenvalue weighted by atomic mass is 32.1. The first-order chi connectivity index (χ1) is 28.2. The summed E-state index contributed by atoms with van der Waals surface area (Å²) < 4.78 is 11.3. The van der Waals surface area contributed by atoms with Crippen LogP contribution in [0, 0.1) is 0 Å². The Kier molecular flexibility index (Phi) is 7.10. The lowest BCUT2D eigenvalue weighted by Crippen LogP contribution is -1.93. The highest BCUT2D eigenvalue weighted by Gasteiger charge is 2.19. The Hall–Kier alpha value is -7.27. The molecular weight excluding hydrogens is 713 g/mol. The van der Waals surface area contributed by atoms with Gasteiger partial charge in [0, 0.05) is 58.5 Å². The average molecular weight is 745 g/mol. The van der Waals surface area contributed by atoms with E-state index >= 15 is 0 Å². The summed E-state index contributed by atoms with van der Waals surface area (Å²) in [4.78, 5) is 5.39. The van der Waals surface area contributed by atoms with Crippen molar-refractivity contribution in [2.45, 2.75) is 0 Å². The first-order valence-electron chi connectivity index (χ1n) is 19.3. The maximum Gasteiger partial charge on any atom is 0.136 e. The maximum absolute atomic E-state index is 6.34. The second-order valence-electron chi connectivity index (χ2n) is 14.7. The highest BCUT2D eigenvalue weighted by Crippen LogP contribution is 2.45. The Morgan fingerprint density at radius 3 is 1.96 bits per heavy atom. The van der Waals surface area contributed by atoms with Crippen molar-refractivity contribution in [1.82, 2.24) is 9.55 Å². The van der Waals surface area contributed by atoms with Crippen LogP contribution < -0.4 is 0 Å². The van der Waals surface area contributed by atoms with E-state index in [9.17, 15) is 0 Å². The van der Waals surface area contributed by atoms with Crippen molar-refractivity contribution in [2.24, 2.45) is 0 Å². The quantitative estimate of drug-likeness (QED) is 0.176. The van der Waals surface area contributed by atoms with Crippen molar-refractivity contribution in [3.63, 3.8) is 0 Å². The van der Waals surface area contributed by atoms with Crippen LogP contribution in [-0.2, 0) is 0 Å². The Morgan fingerprint density at radius 1 is 0.404 bits per heavy atom. The Balaban J connectivity index is 1.05. The SMILES string of the molecule is c1ccc(-c2cc(-c3ccc4c(c3)oc3ccccc34)cc(-c3cccc4sc5c(-c6ccc7c8ccccc8n(-c8ccccc8)c7c6)cccc5c34)n2)cc1.